The highest BCUT2D eigenvalue weighted by molar-refractivity contribution is 6.30. The smallest absolute Gasteiger partial charge is 0.122 e. The molecule has 0 aliphatic rings. The quantitative estimate of drug-likeness (QED) is 0.651. The molecule has 3 heteroatoms. The van der Waals surface area contributed by atoms with Crippen LogP contribution in [0.25, 0.3) is 0 Å². The van der Waals surface area contributed by atoms with Gasteiger partial charge in [-0.05, 0) is 85.6 Å². The first kappa shape index (κ1) is 19.8. The van der Waals surface area contributed by atoms with Crippen LogP contribution in [0.15, 0.2) is 36.4 Å². The van der Waals surface area contributed by atoms with Crippen LogP contribution in [-0.2, 0) is 6.42 Å². The number of ether oxygens (including phenoxy) is 1. The zero-order chi connectivity index (χ0) is 18.4. The van der Waals surface area contributed by atoms with Crippen LogP contribution >= 0.6 is 11.6 Å². The summed E-state index contributed by atoms with van der Waals surface area (Å²) in [6.45, 7) is 7.58. The minimum atomic E-state index is 0.404. The lowest BCUT2D eigenvalue weighted by molar-refractivity contribution is 0.402. The summed E-state index contributed by atoms with van der Waals surface area (Å²) in [6.07, 6.45) is 2.05. The van der Waals surface area contributed by atoms with E-state index in [-0.39, 0.29) is 0 Å². The zero-order valence-electron chi connectivity index (χ0n) is 16.0. The van der Waals surface area contributed by atoms with Gasteiger partial charge in [0, 0.05) is 5.02 Å². The molecule has 0 aliphatic heterocycles. The molecule has 0 spiro atoms. The fourth-order valence-corrected chi connectivity index (χ4v) is 3.50. The van der Waals surface area contributed by atoms with Gasteiger partial charge in [-0.3, -0.25) is 0 Å². The van der Waals surface area contributed by atoms with Gasteiger partial charge >= 0.3 is 0 Å². The maximum Gasteiger partial charge on any atom is 0.122 e. The normalized spacial score (nSPS) is 12.4. The van der Waals surface area contributed by atoms with Crippen LogP contribution in [0.2, 0.25) is 5.02 Å². The van der Waals surface area contributed by atoms with Crippen LogP contribution < -0.4 is 10.1 Å². The molecule has 2 nitrogen and oxygen atoms in total. The van der Waals surface area contributed by atoms with Gasteiger partial charge < -0.3 is 10.1 Å². The Morgan fingerprint density at radius 3 is 2.48 bits per heavy atom. The first-order valence-electron chi connectivity index (χ1n) is 9.03. The van der Waals surface area contributed by atoms with E-state index in [1.807, 2.05) is 19.2 Å². The Bertz CT molecular complexity index is 696. The molecule has 0 heterocycles. The minimum absolute atomic E-state index is 0.404. The van der Waals surface area contributed by atoms with E-state index in [0.29, 0.717) is 11.8 Å². The van der Waals surface area contributed by atoms with E-state index >= 15 is 0 Å². The fraction of sp³-hybridized carbons (Fsp3) is 0.455. The van der Waals surface area contributed by atoms with Gasteiger partial charge in [0.15, 0.2) is 0 Å². The predicted octanol–water partition coefficient (Wildman–Crippen LogP) is 5.72. The molecular formula is C22H30ClNO. The van der Waals surface area contributed by atoms with Gasteiger partial charge in [0.05, 0.1) is 7.11 Å². The Morgan fingerprint density at radius 2 is 1.88 bits per heavy atom. The molecule has 0 saturated heterocycles. The molecule has 1 N–H and O–H groups in total. The van der Waals surface area contributed by atoms with Crippen LogP contribution in [-0.4, -0.2) is 20.7 Å². The third-order valence-electron chi connectivity index (χ3n) is 4.87. The standard InChI is InChI=1S/C22H30ClNO/c1-15(2)17-7-9-22(25-5)21(14-17)19(10-11-24-4)13-18-6-8-20(23)12-16(18)3/h6-9,12,14-15,19,24H,10-11,13H2,1-5H3. The highest BCUT2D eigenvalue weighted by Gasteiger charge is 2.19. The van der Waals surface area contributed by atoms with E-state index in [0.717, 1.165) is 30.2 Å². The molecule has 0 radical (unpaired) electrons. The van der Waals surface area contributed by atoms with Crippen LogP contribution in [0.1, 0.15) is 54.4 Å². The van der Waals surface area contributed by atoms with Crippen molar-refractivity contribution < 1.29 is 4.74 Å². The molecule has 0 amide bonds. The van der Waals surface area contributed by atoms with Crippen molar-refractivity contribution in [1.29, 1.82) is 0 Å². The number of hydrogen-bond donors (Lipinski definition) is 1. The molecule has 0 saturated carbocycles. The van der Waals surface area contributed by atoms with Gasteiger partial charge in [0.1, 0.15) is 5.75 Å². The van der Waals surface area contributed by atoms with Gasteiger partial charge in [0.2, 0.25) is 0 Å². The van der Waals surface area contributed by atoms with E-state index in [1.165, 1.54) is 22.3 Å². The summed E-state index contributed by atoms with van der Waals surface area (Å²) < 4.78 is 5.69. The second-order valence-corrected chi connectivity index (χ2v) is 7.46. The topological polar surface area (TPSA) is 21.3 Å². The summed E-state index contributed by atoms with van der Waals surface area (Å²) >= 11 is 6.13. The maximum absolute atomic E-state index is 6.13. The van der Waals surface area contributed by atoms with Gasteiger partial charge in [-0.25, -0.2) is 0 Å². The molecule has 25 heavy (non-hydrogen) atoms. The number of benzene rings is 2. The van der Waals surface area contributed by atoms with E-state index in [4.69, 9.17) is 16.3 Å². The molecule has 2 aromatic carbocycles. The lowest BCUT2D eigenvalue weighted by Crippen LogP contribution is -2.15. The molecule has 0 bridgehead atoms. The van der Waals surface area contributed by atoms with Crippen LogP contribution in [0.4, 0.5) is 0 Å². The second-order valence-electron chi connectivity index (χ2n) is 7.02. The Labute approximate surface area is 157 Å². The Morgan fingerprint density at radius 1 is 1.12 bits per heavy atom. The molecule has 1 unspecified atom stereocenters. The average Bonchev–Trinajstić information content (AvgIpc) is 2.59. The first-order valence-corrected chi connectivity index (χ1v) is 9.41. The molecular weight excluding hydrogens is 330 g/mol. The summed E-state index contributed by atoms with van der Waals surface area (Å²) in [5.41, 5.74) is 5.26. The number of nitrogens with one attached hydrogen (secondary N) is 1. The summed E-state index contributed by atoms with van der Waals surface area (Å²) in [6, 6.07) is 12.8. The Balaban J connectivity index is 2.40. The van der Waals surface area contributed by atoms with Crippen molar-refractivity contribution in [3.8, 4) is 5.75 Å². The van der Waals surface area contributed by atoms with Gasteiger partial charge in [-0.1, -0.05) is 43.6 Å². The number of methoxy groups -OCH3 is 1. The highest BCUT2D eigenvalue weighted by Crippen LogP contribution is 2.35. The molecule has 0 fully saturated rings. The summed E-state index contributed by atoms with van der Waals surface area (Å²) in [5, 5.41) is 4.09. The zero-order valence-corrected chi connectivity index (χ0v) is 16.8. The first-order chi connectivity index (χ1) is 12.0. The number of halogens is 1. The largest absolute Gasteiger partial charge is 0.496 e. The van der Waals surface area contributed by atoms with Crippen molar-refractivity contribution in [2.45, 2.75) is 45.4 Å². The molecule has 1 atom stereocenters. The maximum atomic E-state index is 6.13. The third-order valence-corrected chi connectivity index (χ3v) is 5.11. The molecule has 2 aromatic rings. The summed E-state index contributed by atoms with van der Waals surface area (Å²) in [7, 11) is 3.77. The van der Waals surface area contributed by atoms with Crippen molar-refractivity contribution in [1.82, 2.24) is 5.32 Å². The van der Waals surface area contributed by atoms with Gasteiger partial charge in [-0.2, -0.15) is 0 Å². The monoisotopic (exact) mass is 359 g/mol. The molecule has 0 aromatic heterocycles. The van der Waals surface area contributed by atoms with Gasteiger partial charge in [-0.15, -0.1) is 0 Å². The van der Waals surface area contributed by atoms with E-state index in [9.17, 15) is 0 Å². The van der Waals surface area contributed by atoms with Crippen molar-refractivity contribution in [3.63, 3.8) is 0 Å². The second kappa shape index (κ2) is 9.26. The fourth-order valence-electron chi connectivity index (χ4n) is 3.27. The molecule has 136 valence electrons. The van der Waals surface area contributed by atoms with Crippen molar-refractivity contribution in [2.75, 3.05) is 20.7 Å². The predicted molar refractivity (Wildman–Crippen MR) is 108 cm³/mol. The number of hydrogen-bond acceptors (Lipinski definition) is 2. The Hall–Kier alpha value is -1.51. The van der Waals surface area contributed by atoms with Crippen molar-refractivity contribution >= 4 is 11.6 Å². The van der Waals surface area contributed by atoms with Crippen molar-refractivity contribution in [2.24, 2.45) is 0 Å². The third kappa shape index (κ3) is 5.23. The van der Waals surface area contributed by atoms with E-state index < -0.39 is 0 Å². The van der Waals surface area contributed by atoms with Crippen LogP contribution in [0.5, 0.6) is 5.75 Å². The van der Waals surface area contributed by atoms with Crippen molar-refractivity contribution in [3.05, 3.63) is 63.7 Å². The lowest BCUT2D eigenvalue weighted by atomic mass is 9.85. The van der Waals surface area contributed by atoms with E-state index in [1.54, 1.807) is 7.11 Å². The average molecular weight is 360 g/mol. The summed E-state index contributed by atoms with van der Waals surface area (Å²) in [4.78, 5) is 0. The van der Waals surface area contributed by atoms with Crippen LogP contribution in [0.3, 0.4) is 0 Å². The Kier molecular flexibility index (Phi) is 7.34. The number of rotatable bonds is 8. The summed E-state index contributed by atoms with van der Waals surface area (Å²) in [5.74, 6) is 1.89. The lowest BCUT2D eigenvalue weighted by Gasteiger charge is -2.22. The van der Waals surface area contributed by atoms with Crippen LogP contribution in [0, 0.1) is 6.92 Å². The number of aryl methyl sites for hydroxylation is 1. The van der Waals surface area contributed by atoms with E-state index in [2.05, 4.69) is 50.4 Å². The molecule has 2 rings (SSSR count). The van der Waals surface area contributed by atoms with Gasteiger partial charge in [0.25, 0.3) is 0 Å². The SMILES string of the molecule is CNCCC(Cc1ccc(Cl)cc1C)c1cc(C(C)C)ccc1OC. The highest BCUT2D eigenvalue weighted by atomic mass is 35.5. The minimum Gasteiger partial charge on any atom is -0.496 e. The molecule has 0 aliphatic carbocycles.